The number of anilines is 2. The fourth-order valence-corrected chi connectivity index (χ4v) is 6.05. The van der Waals surface area contributed by atoms with Crippen LogP contribution in [0.3, 0.4) is 0 Å². The molecule has 0 spiro atoms. The van der Waals surface area contributed by atoms with Crippen molar-refractivity contribution in [2.45, 2.75) is 37.2 Å². The summed E-state index contributed by atoms with van der Waals surface area (Å²) in [5, 5.41) is 8.29. The molecular formula is C24H28N4O2S. The van der Waals surface area contributed by atoms with E-state index in [0.717, 1.165) is 53.9 Å². The number of fused-ring (bicyclic) bond motifs is 2. The number of benzene rings is 2. The van der Waals surface area contributed by atoms with Gasteiger partial charge in [-0.05, 0) is 56.6 Å². The van der Waals surface area contributed by atoms with Crippen molar-refractivity contribution in [1.29, 1.82) is 0 Å². The maximum absolute atomic E-state index is 12.8. The zero-order valence-electron chi connectivity index (χ0n) is 17.8. The van der Waals surface area contributed by atoms with E-state index in [1.54, 1.807) is 12.1 Å². The van der Waals surface area contributed by atoms with Gasteiger partial charge in [-0.15, -0.1) is 0 Å². The molecule has 0 radical (unpaired) electrons. The number of piperidine rings is 1. The molecule has 31 heavy (non-hydrogen) atoms. The van der Waals surface area contributed by atoms with E-state index in [2.05, 4.69) is 46.7 Å². The molecule has 1 fully saturated rings. The number of hydrogen-bond acceptors (Lipinski definition) is 6. The summed E-state index contributed by atoms with van der Waals surface area (Å²) < 4.78 is 25.6. The number of pyridine rings is 1. The molecule has 2 aliphatic rings. The second kappa shape index (κ2) is 8.13. The van der Waals surface area contributed by atoms with Crippen LogP contribution in [-0.4, -0.2) is 44.8 Å². The lowest BCUT2D eigenvalue weighted by molar-refractivity contribution is 0.479. The standard InChI is InChI=1S/C24H28N4O2S/c1-17-6-7-21-20(14-17)22(26-19-8-10-25-11-9-19)15-24(27-21)28-12-13-31(29,30)23-5-3-2-4-18(23)16-28/h2-7,14-15,19,25H,8-13,16H2,1H3,(H,26,27). The molecule has 2 N–H and O–H groups in total. The average Bonchev–Trinajstić information content (AvgIpc) is 2.91. The van der Waals surface area contributed by atoms with E-state index in [4.69, 9.17) is 4.98 Å². The Morgan fingerprint density at radius 1 is 1.10 bits per heavy atom. The highest BCUT2D eigenvalue weighted by Crippen LogP contribution is 2.32. The SMILES string of the molecule is Cc1ccc2nc(N3CCS(=O)(=O)c4ccccc4C3)cc(NC3CCNCC3)c2c1. The van der Waals surface area contributed by atoms with Crippen molar-refractivity contribution in [1.82, 2.24) is 10.3 Å². The first kappa shape index (κ1) is 20.3. The minimum absolute atomic E-state index is 0.0919. The summed E-state index contributed by atoms with van der Waals surface area (Å²) >= 11 is 0. The molecule has 0 amide bonds. The minimum atomic E-state index is -3.29. The van der Waals surface area contributed by atoms with E-state index in [1.807, 2.05) is 12.1 Å². The van der Waals surface area contributed by atoms with Gasteiger partial charge in [0.1, 0.15) is 5.82 Å². The summed E-state index contributed by atoms with van der Waals surface area (Å²) in [6.45, 7) is 5.10. The molecule has 2 aliphatic heterocycles. The molecule has 1 aromatic heterocycles. The molecule has 2 aromatic carbocycles. The summed E-state index contributed by atoms with van der Waals surface area (Å²) in [6, 6.07) is 16.2. The van der Waals surface area contributed by atoms with Crippen LogP contribution in [0, 0.1) is 6.92 Å². The lowest BCUT2D eigenvalue weighted by Crippen LogP contribution is -2.35. The number of aromatic nitrogens is 1. The number of sulfone groups is 1. The van der Waals surface area contributed by atoms with Crippen LogP contribution in [-0.2, 0) is 16.4 Å². The van der Waals surface area contributed by atoms with Gasteiger partial charge in [0.25, 0.3) is 0 Å². The van der Waals surface area contributed by atoms with Crippen molar-refractivity contribution < 1.29 is 8.42 Å². The van der Waals surface area contributed by atoms with Gasteiger partial charge in [0.2, 0.25) is 0 Å². The Labute approximate surface area is 183 Å². The Hall–Kier alpha value is -2.64. The highest BCUT2D eigenvalue weighted by molar-refractivity contribution is 7.91. The third-order valence-electron chi connectivity index (χ3n) is 6.27. The van der Waals surface area contributed by atoms with Crippen LogP contribution in [0.25, 0.3) is 10.9 Å². The Balaban J connectivity index is 1.56. The molecule has 162 valence electrons. The lowest BCUT2D eigenvalue weighted by Gasteiger charge is -2.27. The van der Waals surface area contributed by atoms with Gasteiger partial charge in [-0.1, -0.05) is 29.8 Å². The van der Waals surface area contributed by atoms with Gasteiger partial charge < -0.3 is 15.5 Å². The Morgan fingerprint density at radius 3 is 2.74 bits per heavy atom. The zero-order chi connectivity index (χ0) is 21.4. The van der Waals surface area contributed by atoms with Crippen molar-refractivity contribution in [3.05, 3.63) is 59.7 Å². The van der Waals surface area contributed by atoms with Crippen molar-refractivity contribution in [3.8, 4) is 0 Å². The van der Waals surface area contributed by atoms with E-state index in [0.29, 0.717) is 24.0 Å². The van der Waals surface area contributed by atoms with Crippen LogP contribution >= 0.6 is 0 Å². The summed E-state index contributed by atoms with van der Waals surface area (Å²) in [5.41, 5.74) is 4.04. The van der Waals surface area contributed by atoms with Crippen LogP contribution in [0.4, 0.5) is 11.5 Å². The highest BCUT2D eigenvalue weighted by Gasteiger charge is 2.26. The number of hydrogen-bond donors (Lipinski definition) is 2. The number of nitrogens with one attached hydrogen (secondary N) is 2. The largest absolute Gasteiger partial charge is 0.382 e. The predicted octanol–water partition coefficient (Wildman–Crippen LogP) is 3.50. The van der Waals surface area contributed by atoms with Crippen LogP contribution in [0.2, 0.25) is 0 Å². The van der Waals surface area contributed by atoms with E-state index in [1.165, 1.54) is 5.56 Å². The van der Waals surface area contributed by atoms with E-state index in [9.17, 15) is 8.42 Å². The van der Waals surface area contributed by atoms with Crippen LogP contribution in [0.5, 0.6) is 0 Å². The average molecular weight is 437 g/mol. The molecule has 5 rings (SSSR count). The third kappa shape index (κ3) is 4.12. The quantitative estimate of drug-likeness (QED) is 0.655. The fourth-order valence-electron chi connectivity index (χ4n) is 4.55. The van der Waals surface area contributed by atoms with Gasteiger partial charge in [0, 0.05) is 36.3 Å². The molecule has 3 aromatic rings. The molecule has 0 unspecified atom stereocenters. The van der Waals surface area contributed by atoms with Crippen molar-refractivity contribution >= 4 is 32.2 Å². The van der Waals surface area contributed by atoms with Gasteiger partial charge in [0.15, 0.2) is 9.84 Å². The van der Waals surface area contributed by atoms with Gasteiger partial charge in [-0.2, -0.15) is 0 Å². The Morgan fingerprint density at radius 2 is 1.90 bits per heavy atom. The number of rotatable bonds is 3. The summed E-state index contributed by atoms with van der Waals surface area (Å²) in [6.07, 6.45) is 2.17. The molecule has 1 saturated heterocycles. The fraction of sp³-hybridized carbons (Fsp3) is 0.375. The molecule has 0 saturated carbocycles. The number of nitrogens with zero attached hydrogens (tertiary/aromatic N) is 2. The summed E-state index contributed by atoms with van der Waals surface area (Å²) in [7, 11) is -3.29. The molecule has 6 nitrogen and oxygen atoms in total. The van der Waals surface area contributed by atoms with E-state index >= 15 is 0 Å². The second-order valence-electron chi connectivity index (χ2n) is 8.57. The maximum atomic E-state index is 12.8. The first-order valence-corrected chi connectivity index (χ1v) is 12.6. The second-order valence-corrected chi connectivity index (χ2v) is 10.6. The molecule has 0 aliphatic carbocycles. The summed E-state index contributed by atoms with van der Waals surface area (Å²) in [4.78, 5) is 7.47. The first-order valence-electron chi connectivity index (χ1n) is 10.9. The lowest BCUT2D eigenvalue weighted by atomic mass is 10.0. The van der Waals surface area contributed by atoms with Crippen LogP contribution in [0.1, 0.15) is 24.0 Å². The smallest absolute Gasteiger partial charge is 0.180 e. The molecular weight excluding hydrogens is 408 g/mol. The minimum Gasteiger partial charge on any atom is -0.382 e. The van der Waals surface area contributed by atoms with Crippen LogP contribution in [0.15, 0.2) is 53.4 Å². The third-order valence-corrected chi connectivity index (χ3v) is 8.06. The molecule has 0 atom stereocenters. The van der Waals surface area contributed by atoms with Crippen LogP contribution < -0.4 is 15.5 Å². The van der Waals surface area contributed by atoms with Gasteiger partial charge in [0.05, 0.1) is 16.2 Å². The number of aryl methyl sites for hydroxylation is 1. The highest BCUT2D eigenvalue weighted by atomic mass is 32.2. The normalized spacial score (nSPS) is 19.1. The zero-order valence-corrected chi connectivity index (χ0v) is 18.6. The first-order chi connectivity index (χ1) is 15.0. The summed E-state index contributed by atoms with van der Waals surface area (Å²) in [5.74, 6) is 0.911. The molecule has 7 heteroatoms. The van der Waals surface area contributed by atoms with Gasteiger partial charge in [-0.3, -0.25) is 0 Å². The molecule has 3 heterocycles. The van der Waals surface area contributed by atoms with E-state index < -0.39 is 9.84 Å². The maximum Gasteiger partial charge on any atom is 0.180 e. The van der Waals surface area contributed by atoms with Crippen molar-refractivity contribution in [3.63, 3.8) is 0 Å². The van der Waals surface area contributed by atoms with Gasteiger partial charge >= 0.3 is 0 Å². The molecule has 0 bridgehead atoms. The Bertz CT molecular complexity index is 1220. The van der Waals surface area contributed by atoms with Crippen molar-refractivity contribution in [2.75, 3.05) is 35.6 Å². The topological polar surface area (TPSA) is 74.3 Å². The van der Waals surface area contributed by atoms with E-state index in [-0.39, 0.29) is 5.75 Å². The van der Waals surface area contributed by atoms with Gasteiger partial charge in [-0.25, -0.2) is 13.4 Å². The predicted molar refractivity (Wildman–Crippen MR) is 126 cm³/mol. The van der Waals surface area contributed by atoms with Crippen molar-refractivity contribution in [2.24, 2.45) is 0 Å². The Kier molecular flexibility index (Phi) is 5.32. The monoisotopic (exact) mass is 436 g/mol.